The van der Waals surface area contributed by atoms with Crippen LogP contribution in [0.3, 0.4) is 0 Å². The van der Waals surface area contributed by atoms with Gasteiger partial charge in [-0.25, -0.2) is 0 Å². The third-order valence-electron chi connectivity index (χ3n) is 7.91. The quantitative estimate of drug-likeness (QED) is 0.178. The lowest BCUT2D eigenvalue weighted by molar-refractivity contribution is -0.155. The number of hydrogen-bond acceptors (Lipinski definition) is 6. The van der Waals surface area contributed by atoms with Crippen LogP contribution in [0.2, 0.25) is 5.02 Å². The van der Waals surface area contributed by atoms with Gasteiger partial charge in [-0.3, -0.25) is 14.4 Å². The first-order chi connectivity index (χ1) is 18.2. The number of likely N-dealkylation sites (tertiary alicyclic amines) is 1. The molecule has 0 saturated carbocycles. The summed E-state index contributed by atoms with van der Waals surface area (Å²) in [6, 6.07) is 3.64. The molecule has 0 aromatic heterocycles. The molecule has 2 bridgehead atoms. The molecular weight excluding hydrogens is 576 g/mol. The van der Waals surface area contributed by atoms with E-state index in [1.165, 1.54) is 9.80 Å². The first-order valence-electron chi connectivity index (χ1n) is 12.9. The Balaban J connectivity index is 1.83. The number of aliphatic hydroxyl groups excluding tert-OH is 1. The number of para-hydroxylation sites is 1. The molecule has 0 aliphatic carbocycles. The van der Waals surface area contributed by atoms with Crippen molar-refractivity contribution in [2.75, 3.05) is 24.7 Å². The lowest BCUT2D eigenvalue weighted by Gasteiger charge is -2.39. The summed E-state index contributed by atoms with van der Waals surface area (Å²) in [5, 5.41) is 10.6. The smallest absolute Gasteiger partial charge is 0.312 e. The van der Waals surface area contributed by atoms with E-state index in [1.54, 1.807) is 24.3 Å². The van der Waals surface area contributed by atoms with E-state index in [9.17, 15) is 19.5 Å². The van der Waals surface area contributed by atoms with Gasteiger partial charge in [-0.1, -0.05) is 58.7 Å². The highest BCUT2D eigenvalue weighted by atomic mass is 79.9. The molecular formula is C28H34BrClN2O6. The standard InChI is InChI=1S/C28H34BrClN2O6/c1-5-8-13-37-27(36)20-21-25(34)32(17(7-3)15-33)24(28(21)14-18(29)23(20)38-28)26(35)31(12-6-2)22-16(4)10-9-11-19(22)30/h5-6,9-11,17-18,20-21,23-24,33H,1-2,7-8,12-15H2,3-4H3/t17-,18?,20+,21-,23+,24?,28?/m0/s1. The van der Waals surface area contributed by atoms with Crippen LogP contribution < -0.4 is 4.90 Å². The lowest BCUT2D eigenvalue weighted by Crippen LogP contribution is -2.59. The highest BCUT2D eigenvalue weighted by molar-refractivity contribution is 9.09. The van der Waals surface area contributed by atoms with Crippen molar-refractivity contribution in [3.05, 3.63) is 54.1 Å². The molecule has 1 spiro atoms. The van der Waals surface area contributed by atoms with E-state index in [4.69, 9.17) is 21.1 Å². The van der Waals surface area contributed by atoms with Crippen molar-refractivity contribution in [1.29, 1.82) is 0 Å². The minimum Gasteiger partial charge on any atom is -0.465 e. The summed E-state index contributed by atoms with van der Waals surface area (Å²) in [6.45, 7) is 11.1. The number of aryl methyl sites for hydroxylation is 1. The fraction of sp³-hybridized carbons (Fsp3) is 0.536. The highest BCUT2D eigenvalue weighted by Gasteiger charge is 2.77. The van der Waals surface area contributed by atoms with E-state index in [2.05, 4.69) is 29.1 Å². The number of halogens is 2. The van der Waals surface area contributed by atoms with E-state index >= 15 is 0 Å². The number of esters is 1. The molecule has 7 atom stereocenters. The minimum absolute atomic E-state index is 0.144. The largest absolute Gasteiger partial charge is 0.465 e. The SMILES string of the molecule is C=CCCOC(=O)[C@H]1[C@@H]2OC3(CC2Br)C(C(=O)N(CC=C)c2c(C)cccc2Cl)N([C@@H](CC)CO)C(=O)[C@H]13. The first-order valence-corrected chi connectivity index (χ1v) is 14.2. The Bertz CT molecular complexity index is 1110. The zero-order valence-electron chi connectivity index (χ0n) is 21.6. The van der Waals surface area contributed by atoms with Crippen LogP contribution in [-0.2, 0) is 23.9 Å². The zero-order chi connectivity index (χ0) is 27.8. The van der Waals surface area contributed by atoms with Crippen LogP contribution in [0, 0.1) is 18.8 Å². The predicted molar refractivity (Wildman–Crippen MR) is 148 cm³/mol. The molecule has 1 aromatic rings. The summed E-state index contributed by atoms with van der Waals surface area (Å²) in [5.41, 5.74) is 0.0314. The molecule has 3 heterocycles. The van der Waals surface area contributed by atoms with Crippen molar-refractivity contribution < 1.29 is 29.0 Å². The maximum absolute atomic E-state index is 14.6. The average molecular weight is 610 g/mol. The van der Waals surface area contributed by atoms with Crippen LogP contribution in [0.4, 0.5) is 5.69 Å². The van der Waals surface area contributed by atoms with Crippen molar-refractivity contribution >= 4 is 51.0 Å². The third-order valence-corrected chi connectivity index (χ3v) is 9.06. The second kappa shape index (κ2) is 11.5. The van der Waals surface area contributed by atoms with Gasteiger partial charge in [-0.05, 0) is 37.8 Å². The number of rotatable bonds is 11. The van der Waals surface area contributed by atoms with Gasteiger partial charge in [0, 0.05) is 11.4 Å². The van der Waals surface area contributed by atoms with Gasteiger partial charge >= 0.3 is 5.97 Å². The topological polar surface area (TPSA) is 96.4 Å². The number of hydrogen-bond donors (Lipinski definition) is 1. The van der Waals surface area contributed by atoms with Gasteiger partial charge in [-0.15, -0.1) is 13.2 Å². The summed E-state index contributed by atoms with van der Waals surface area (Å²) in [6.07, 6.45) is 3.87. The second-order valence-corrected chi connectivity index (χ2v) is 11.6. The minimum atomic E-state index is -1.27. The summed E-state index contributed by atoms with van der Waals surface area (Å²) >= 11 is 10.2. The van der Waals surface area contributed by atoms with Crippen molar-refractivity contribution in [2.24, 2.45) is 11.8 Å². The van der Waals surface area contributed by atoms with E-state index < -0.39 is 47.5 Å². The molecule has 3 aliphatic heterocycles. The molecule has 1 N–H and O–H groups in total. The monoisotopic (exact) mass is 608 g/mol. The molecule has 1 aromatic carbocycles. The summed E-state index contributed by atoms with van der Waals surface area (Å²) in [7, 11) is 0. The molecule has 4 rings (SSSR count). The predicted octanol–water partition coefficient (Wildman–Crippen LogP) is 3.81. The van der Waals surface area contributed by atoms with Gasteiger partial charge in [0.1, 0.15) is 11.6 Å². The molecule has 38 heavy (non-hydrogen) atoms. The average Bonchev–Trinajstić information content (AvgIpc) is 3.47. The van der Waals surface area contributed by atoms with Crippen LogP contribution in [0.25, 0.3) is 0 Å². The molecule has 3 unspecified atom stereocenters. The Hall–Kier alpha value is -2.20. The van der Waals surface area contributed by atoms with E-state index in [1.807, 2.05) is 19.9 Å². The number of anilines is 1. The number of alkyl halides is 1. The van der Waals surface area contributed by atoms with Crippen molar-refractivity contribution in [3.8, 4) is 0 Å². The number of benzene rings is 1. The van der Waals surface area contributed by atoms with E-state index in [0.29, 0.717) is 30.0 Å². The summed E-state index contributed by atoms with van der Waals surface area (Å²) in [4.78, 5) is 44.7. The molecule has 8 nitrogen and oxygen atoms in total. The number of ether oxygens (including phenoxy) is 2. The van der Waals surface area contributed by atoms with E-state index in [-0.39, 0.29) is 30.5 Å². The number of fused-ring (bicyclic) bond motifs is 1. The molecule has 3 saturated heterocycles. The molecule has 10 heteroatoms. The number of amides is 2. The third kappa shape index (κ3) is 4.51. The van der Waals surface area contributed by atoms with Crippen LogP contribution in [0.5, 0.6) is 0 Å². The Morgan fingerprint density at radius 1 is 1.39 bits per heavy atom. The molecule has 0 radical (unpaired) electrons. The lowest BCUT2D eigenvalue weighted by atomic mass is 9.70. The molecule has 3 fully saturated rings. The van der Waals surface area contributed by atoms with Gasteiger partial charge in [0.05, 0.1) is 47.9 Å². The van der Waals surface area contributed by atoms with Crippen molar-refractivity contribution in [1.82, 2.24) is 4.90 Å². The highest BCUT2D eigenvalue weighted by Crippen LogP contribution is 2.61. The number of nitrogens with zero attached hydrogens (tertiary/aromatic N) is 2. The Kier molecular flexibility index (Phi) is 8.71. The van der Waals surface area contributed by atoms with Crippen molar-refractivity contribution in [2.45, 2.75) is 61.7 Å². The summed E-state index contributed by atoms with van der Waals surface area (Å²) in [5.74, 6) is -3.10. The maximum atomic E-state index is 14.6. The number of carbonyl (C=O) groups excluding carboxylic acids is 3. The van der Waals surface area contributed by atoms with Gasteiger partial charge in [-0.2, -0.15) is 0 Å². The van der Waals surface area contributed by atoms with Crippen LogP contribution in [0.15, 0.2) is 43.5 Å². The number of aliphatic hydroxyl groups is 1. The second-order valence-electron chi connectivity index (χ2n) is 10.0. The first kappa shape index (κ1) is 28.8. The fourth-order valence-corrected chi connectivity index (χ4v) is 7.56. The van der Waals surface area contributed by atoms with Crippen LogP contribution >= 0.6 is 27.5 Å². The molecule has 3 aliphatic rings. The Morgan fingerprint density at radius 2 is 2.13 bits per heavy atom. The fourth-order valence-electron chi connectivity index (χ4n) is 6.30. The zero-order valence-corrected chi connectivity index (χ0v) is 24.0. The van der Waals surface area contributed by atoms with Crippen LogP contribution in [0.1, 0.15) is 31.7 Å². The maximum Gasteiger partial charge on any atom is 0.312 e. The van der Waals surface area contributed by atoms with Gasteiger partial charge in [0.2, 0.25) is 5.91 Å². The normalized spacial score (nSPS) is 30.2. The van der Waals surface area contributed by atoms with E-state index in [0.717, 1.165) is 5.56 Å². The molecule has 206 valence electrons. The Labute approximate surface area is 236 Å². The van der Waals surface area contributed by atoms with Gasteiger partial charge in [0.15, 0.2) is 0 Å². The molecule has 2 amide bonds. The number of carbonyl (C=O) groups is 3. The van der Waals surface area contributed by atoms with Gasteiger partial charge in [0.25, 0.3) is 5.91 Å². The summed E-state index contributed by atoms with van der Waals surface area (Å²) < 4.78 is 12.0. The van der Waals surface area contributed by atoms with Crippen molar-refractivity contribution in [3.63, 3.8) is 0 Å². The van der Waals surface area contributed by atoms with Crippen LogP contribution in [-0.4, -0.2) is 76.2 Å². The Morgan fingerprint density at radius 3 is 2.74 bits per heavy atom. The van der Waals surface area contributed by atoms with Gasteiger partial charge < -0.3 is 24.4 Å².